The SMILES string of the molecule is [B]N(S(=O)(=O)c1c(F)c(F)c(F)c(F)c1F)S(=O)(=O)C(F)(F)F. The summed E-state index contributed by atoms with van der Waals surface area (Å²) in [7, 11) is -9.21. The van der Waals surface area contributed by atoms with Gasteiger partial charge < -0.3 is 0 Å². The lowest BCUT2D eigenvalue weighted by Gasteiger charge is -2.20. The number of sulfonamides is 2. The maximum Gasteiger partial charge on any atom is 0.511 e. The summed E-state index contributed by atoms with van der Waals surface area (Å²) < 4.78 is 144. The second-order valence-corrected chi connectivity index (χ2v) is 7.37. The van der Waals surface area contributed by atoms with E-state index in [1.165, 1.54) is 0 Å². The first-order valence-corrected chi connectivity index (χ1v) is 7.59. The van der Waals surface area contributed by atoms with Crippen molar-refractivity contribution in [3.05, 3.63) is 29.1 Å². The van der Waals surface area contributed by atoms with Gasteiger partial charge in [0.15, 0.2) is 28.2 Å². The average molecular weight is 389 g/mol. The van der Waals surface area contributed by atoms with Crippen LogP contribution in [0.1, 0.15) is 0 Å². The van der Waals surface area contributed by atoms with E-state index >= 15 is 0 Å². The van der Waals surface area contributed by atoms with E-state index in [1.807, 2.05) is 0 Å². The molecular weight excluding hydrogens is 389 g/mol. The summed E-state index contributed by atoms with van der Waals surface area (Å²) in [5, 5.41) is 0. The monoisotopic (exact) mass is 389 g/mol. The average Bonchev–Trinajstić information content (AvgIpc) is 2.40. The van der Waals surface area contributed by atoms with Gasteiger partial charge in [0.25, 0.3) is 10.0 Å². The molecule has 0 heterocycles. The Morgan fingerprint density at radius 3 is 1.35 bits per heavy atom. The largest absolute Gasteiger partial charge is 0.511 e. The maximum atomic E-state index is 13.3. The van der Waals surface area contributed by atoms with Crippen LogP contribution in [0.2, 0.25) is 0 Å². The highest BCUT2D eigenvalue weighted by molar-refractivity contribution is 8.05. The number of alkyl halides is 3. The molecule has 1 rings (SSSR count). The first kappa shape index (κ1) is 19.6. The molecular formula is C7BF8NO4S2. The number of hydrogen-bond donors (Lipinski definition) is 0. The van der Waals surface area contributed by atoms with Gasteiger partial charge in [0.1, 0.15) is 0 Å². The minimum atomic E-state index is -6.90. The Hall–Kier alpha value is -1.42. The number of hydrogen-bond acceptors (Lipinski definition) is 4. The predicted molar refractivity (Wildman–Crippen MR) is 56.0 cm³/mol. The lowest BCUT2D eigenvalue weighted by Crippen LogP contribution is -2.43. The van der Waals surface area contributed by atoms with Crippen molar-refractivity contribution in [3.63, 3.8) is 0 Å². The van der Waals surface area contributed by atoms with Crippen molar-refractivity contribution in [1.29, 1.82) is 0 Å². The zero-order chi connectivity index (χ0) is 18.5. The van der Waals surface area contributed by atoms with Gasteiger partial charge in [-0.2, -0.15) is 13.2 Å². The molecule has 0 spiro atoms. The first-order chi connectivity index (χ1) is 10.1. The summed E-state index contributed by atoms with van der Waals surface area (Å²) >= 11 is 0. The van der Waals surface area contributed by atoms with Gasteiger partial charge in [0.2, 0.25) is 13.8 Å². The second kappa shape index (κ2) is 5.59. The zero-order valence-electron chi connectivity index (χ0n) is 10.00. The molecule has 0 amide bonds. The van der Waals surface area contributed by atoms with Gasteiger partial charge >= 0.3 is 15.5 Å². The van der Waals surface area contributed by atoms with E-state index in [9.17, 15) is 52.0 Å². The van der Waals surface area contributed by atoms with Gasteiger partial charge in [-0.3, -0.25) is 0 Å². The maximum absolute atomic E-state index is 13.3. The summed E-state index contributed by atoms with van der Waals surface area (Å²) in [6.45, 7) is 0. The Kier molecular flexibility index (Phi) is 4.77. The van der Waals surface area contributed by atoms with Crippen LogP contribution in [-0.2, 0) is 20.0 Å². The Morgan fingerprint density at radius 2 is 1.04 bits per heavy atom. The molecule has 1 aromatic rings. The number of benzene rings is 1. The third kappa shape index (κ3) is 2.89. The van der Waals surface area contributed by atoms with Crippen molar-refractivity contribution in [2.24, 2.45) is 0 Å². The minimum Gasteiger partial charge on any atom is -0.207 e. The molecule has 128 valence electrons. The summed E-state index contributed by atoms with van der Waals surface area (Å²) in [5.74, 6) is -14.7. The summed E-state index contributed by atoms with van der Waals surface area (Å²) in [6.07, 6.45) is 0. The number of rotatable bonds is 3. The van der Waals surface area contributed by atoms with E-state index in [2.05, 4.69) is 7.98 Å². The lowest BCUT2D eigenvalue weighted by atomic mass is 10.3. The summed E-state index contributed by atoms with van der Waals surface area (Å²) in [4.78, 5) is -2.86. The van der Waals surface area contributed by atoms with Crippen LogP contribution in [0.25, 0.3) is 0 Å². The van der Waals surface area contributed by atoms with Crippen LogP contribution in [0.5, 0.6) is 0 Å². The standard InChI is InChI=1S/C7BF8NO4S2/c8-17(23(20,21)7(14,15)16)22(18,19)6-4(12)2(10)1(9)3(11)5(6)13. The number of nitrogens with zero attached hydrogens (tertiary/aromatic N) is 1. The smallest absolute Gasteiger partial charge is 0.207 e. The minimum absolute atomic E-state index is 2.04. The Balaban J connectivity index is 3.79. The van der Waals surface area contributed by atoms with Crippen molar-refractivity contribution in [1.82, 2.24) is 3.62 Å². The molecule has 2 radical (unpaired) electrons. The lowest BCUT2D eigenvalue weighted by molar-refractivity contribution is -0.0456. The molecule has 5 nitrogen and oxygen atoms in total. The fraction of sp³-hybridized carbons (Fsp3) is 0.143. The highest BCUT2D eigenvalue weighted by atomic mass is 32.3. The van der Waals surface area contributed by atoms with Crippen molar-refractivity contribution >= 4 is 28.0 Å². The van der Waals surface area contributed by atoms with E-state index in [-0.39, 0.29) is 0 Å². The van der Waals surface area contributed by atoms with Crippen LogP contribution in [0.3, 0.4) is 0 Å². The molecule has 0 atom stereocenters. The Bertz CT molecular complexity index is 836. The van der Waals surface area contributed by atoms with Crippen LogP contribution < -0.4 is 0 Å². The Morgan fingerprint density at radius 1 is 0.739 bits per heavy atom. The number of halogens is 8. The van der Waals surface area contributed by atoms with Crippen LogP contribution in [0.15, 0.2) is 4.90 Å². The van der Waals surface area contributed by atoms with Gasteiger partial charge in [-0.1, -0.05) is 0 Å². The second-order valence-electron chi connectivity index (χ2n) is 3.58. The van der Waals surface area contributed by atoms with Crippen molar-refractivity contribution < 1.29 is 52.0 Å². The zero-order valence-corrected chi connectivity index (χ0v) is 11.6. The fourth-order valence-electron chi connectivity index (χ4n) is 1.13. The Labute approximate surface area is 124 Å². The molecule has 0 aromatic heterocycles. The normalized spacial score (nSPS) is 13.6. The van der Waals surface area contributed by atoms with E-state index in [4.69, 9.17) is 0 Å². The molecule has 0 fully saturated rings. The topological polar surface area (TPSA) is 71.5 Å². The van der Waals surface area contributed by atoms with Crippen molar-refractivity contribution in [2.45, 2.75) is 10.4 Å². The quantitative estimate of drug-likeness (QED) is 0.338. The molecule has 0 N–H and O–H groups in total. The third-order valence-corrected chi connectivity index (χ3v) is 5.78. The molecule has 16 heteroatoms. The van der Waals surface area contributed by atoms with Crippen LogP contribution in [0, 0.1) is 29.1 Å². The molecule has 0 aliphatic heterocycles. The summed E-state index contributed by atoms with van der Waals surface area (Å²) in [5.41, 5.74) is -6.33. The van der Waals surface area contributed by atoms with Gasteiger partial charge in [0, 0.05) is 0 Å². The molecule has 0 saturated carbocycles. The van der Waals surface area contributed by atoms with Gasteiger partial charge in [0.05, 0.1) is 0 Å². The molecule has 0 unspecified atom stereocenters. The molecule has 0 bridgehead atoms. The molecule has 0 aliphatic rings. The van der Waals surface area contributed by atoms with Gasteiger partial charge in [-0.15, -0.1) is 3.62 Å². The first-order valence-electron chi connectivity index (χ1n) is 4.71. The van der Waals surface area contributed by atoms with E-state index in [1.54, 1.807) is 0 Å². The van der Waals surface area contributed by atoms with Crippen molar-refractivity contribution in [3.8, 4) is 0 Å². The van der Waals surface area contributed by atoms with E-state index < -0.39 is 63.2 Å². The van der Waals surface area contributed by atoms with E-state index in [0.29, 0.717) is 0 Å². The van der Waals surface area contributed by atoms with Gasteiger partial charge in [-0.25, -0.2) is 38.8 Å². The summed E-state index contributed by atoms with van der Waals surface area (Å²) in [6, 6.07) is 0. The fourth-order valence-corrected chi connectivity index (χ4v) is 3.66. The van der Waals surface area contributed by atoms with E-state index in [0.717, 1.165) is 0 Å². The highest BCUT2D eigenvalue weighted by Gasteiger charge is 2.53. The molecule has 1 aromatic carbocycles. The molecule has 0 aliphatic carbocycles. The van der Waals surface area contributed by atoms with Crippen LogP contribution in [0.4, 0.5) is 35.1 Å². The highest BCUT2D eigenvalue weighted by Crippen LogP contribution is 2.33. The predicted octanol–water partition coefficient (Wildman–Crippen LogP) is 1.31. The molecule has 23 heavy (non-hydrogen) atoms. The van der Waals surface area contributed by atoms with Gasteiger partial charge in [-0.05, 0) is 0 Å². The van der Waals surface area contributed by atoms with Crippen molar-refractivity contribution in [2.75, 3.05) is 0 Å². The van der Waals surface area contributed by atoms with Crippen LogP contribution >= 0.6 is 0 Å². The van der Waals surface area contributed by atoms with Crippen LogP contribution in [-0.4, -0.2) is 33.9 Å². The third-order valence-electron chi connectivity index (χ3n) is 2.19. The molecule has 0 saturated heterocycles.